The van der Waals surface area contributed by atoms with Crippen LogP contribution in [-0.4, -0.2) is 28.1 Å². The Hall–Kier alpha value is -1.49. The van der Waals surface area contributed by atoms with Crippen LogP contribution in [0.1, 0.15) is 37.6 Å². The number of aliphatic hydroxyl groups excluding tert-OH is 1. The van der Waals surface area contributed by atoms with Crippen molar-refractivity contribution in [1.29, 1.82) is 0 Å². The van der Waals surface area contributed by atoms with Gasteiger partial charge in [-0.25, -0.2) is 4.98 Å². The number of allylic oxidation sites excluding steroid dienone is 2. The second-order valence-electron chi connectivity index (χ2n) is 4.63. The van der Waals surface area contributed by atoms with Gasteiger partial charge in [-0.3, -0.25) is 9.79 Å². The van der Waals surface area contributed by atoms with Crippen molar-refractivity contribution in [2.75, 3.05) is 0 Å². The lowest BCUT2D eigenvalue weighted by molar-refractivity contribution is -0.116. The van der Waals surface area contributed by atoms with Crippen LogP contribution in [0.25, 0.3) is 0 Å². The van der Waals surface area contributed by atoms with Gasteiger partial charge in [0.2, 0.25) is 0 Å². The second kappa shape index (κ2) is 5.44. The SMILES string of the molecule is CC(C)N=CC1=C(O)CC(c2nccs2)CC1=O. The zero-order valence-electron chi connectivity index (χ0n) is 10.5. The van der Waals surface area contributed by atoms with Crippen molar-refractivity contribution >= 4 is 23.3 Å². The van der Waals surface area contributed by atoms with E-state index in [0.717, 1.165) is 5.01 Å². The predicted molar refractivity (Wildman–Crippen MR) is 72.4 cm³/mol. The molecule has 0 spiro atoms. The lowest BCUT2D eigenvalue weighted by Crippen LogP contribution is -2.19. The van der Waals surface area contributed by atoms with Crippen molar-refractivity contribution < 1.29 is 9.90 Å². The van der Waals surface area contributed by atoms with Crippen LogP contribution in [0.3, 0.4) is 0 Å². The summed E-state index contributed by atoms with van der Waals surface area (Å²) in [7, 11) is 0. The Kier molecular flexibility index (Phi) is 3.91. The molecule has 1 atom stereocenters. The molecule has 0 saturated carbocycles. The number of hydrogen-bond acceptors (Lipinski definition) is 5. The average Bonchev–Trinajstić information content (AvgIpc) is 2.80. The normalized spacial score (nSPS) is 21.3. The van der Waals surface area contributed by atoms with Crippen LogP contribution in [0.5, 0.6) is 0 Å². The second-order valence-corrected chi connectivity index (χ2v) is 5.56. The third kappa shape index (κ3) is 2.85. The summed E-state index contributed by atoms with van der Waals surface area (Å²) in [6.45, 7) is 3.86. The number of Topliss-reactive ketones (excluding diaryl/α,β-unsaturated/α-hetero) is 1. The minimum absolute atomic E-state index is 0.00806. The third-order valence-corrected chi connectivity index (χ3v) is 3.72. The maximum atomic E-state index is 12.0. The highest BCUT2D eigenvalue weighted by molar-refractivity contribution is 7.09. The minimum Gasteiger partial charge on any atom is -0.511 e. The Balaban J connectivity index is 2.19. The Morgan fingerprint density at radius 3 is 2.89 bits per heavy atom. The van der Waals surface area contributed by atoms with Gasteiger partial charge in [-0.05, 0) is 13.8 Å². The van der Waals surface area contributed by atoms with Gasteiger partial charge in [0.15, 0.2) is 5.78 Å². The molecule has 1 unspecified atom stereocenters. The van der Waals surface area contributed by atoms with Crippen molar-refractivity contribution in [1.82, 2.24) is 4.98 Å². The van der Waals surface area contributed by atoms with E-state index >= 15 is 0 Å². The number of carbonyl (C=O) groups is 1. The molecule has 4 nitrogen and oxygen atoms in total. The van der Waals surface area contributed by atoms with E-state index in [2.05, 4.69) is 9.98 Å². The number of carbonyl (C=O) groups excluding carboxylic acids is 1. The molecule has 1 aromatic heterocycles. The largest absolute Gasteiger partial charge is 0.511 e. The highest BCUT2D eigenvalue weighted by atomic mass is 32.1. The molecule has 5 heteroatoms. The highest BCUT2D eigenvalue weighted by Crippen LogP contribution is 2.33. The van der Waals surface area contributed by atoms with Crippen LogP contribution in [0.4, 0.5) is 0 Å². The van der Waals surface area contributed by atoms with Crippen LogP contribution in [-0.2, 0) is 4.79 Å². The molecule has 1 aromatic rings. The zero-order chi connectivity index (χ0) is 13.1. The van der Waals surface area contributed by atoms with Gasteiger partial charge in [0.05, 0.1) is 10.6 Å². The fourth-order valence-corrected chi connectivity index (χ4v) is 2.63. The molecule has 1 N–H and O–H groups in total. The van der Waals surface area contributed by atoms with Crippen LogP contribution in [0.15, 0.2) is 27.9 Å². The van der Waals surface area contributed by atoms with Crippen molar-refractivity contribution in [2.24, 2.45) is 4.99 Å². The van der Waals surface area contributed by atoms with E-state index in [1.54, 1.807) is 6.20 Å². The quantitative estimate of drug-likeness (QED) is 0.854. The van der Waals surface area contributed by atoms with Gasteiger partial charge in [-0.1, -0.05) is 0 Å². The first-order valence-electron chi connectivity index (χ1n) is 5.95. The highest BCUT2D eigenvalue weighted by Gasteiger charge is 2.29. The lowest BCUT2D eigenvalue weighted by atomic mass is 9.88. The number of aliphatic imine (C=N–C) groups is 1. The number of aliphatic hydroxyl groups is 1. The summed E-state index contributed by atoms with van der Waals surface area (Å²) in [6, 6.07) is 0.120. The Labute approximate surface area is 110 Å². The van der Waals surface area contributed by atoms with Crippen molar-refractivity contribution in [3.05, 3.63) is 27.9 Å². The number of nitrogens with zero attached hydrogens (tertiary/aromatic N) is 2. The van der Waals surface area contributed by atoms with Gasteiger partial charge in [0, 0.05) is 42.6 Å². The van der Waals surface area contributed by atoms with Gasteiger partial charge < -0.3 is 5.11 Å². The molecule has 2 rings (SSSR count). The molecule has 1 aliphatic rings. The molecule has 0 saturated heterocycles. The molecule has 0 bridgehead atoms. The smallest absolute Gasteiger partial charge is 0.168 e. The molecule has 0 amide bonds. The first kappa shape index (κ1) is 13.0. The summed E-state index contributed by atoms with van der Waals surface area (Å²) in [4.78, 5) is 20.4. The van der Waals surface area contributed by atoms with Gasteiger partial charge in [-0.2, -0.15) is 0 Å². The molecule has 96 valence electrons. The van der Waals surface area contributed by atoms with E-state index in [1.165, 1.54) is 17.6 Å². The number of rotatable bonds is 3. The number of thiazole rings is 1. The van der Waals surface area contributed by atoms with Crippen LogP contribution >= 0.6 is 11.3 Å². The molecule has 18 heavy (non-hydrogen) atoms. The van der Waals surface area contributed by atoms with E-state index in [0.29, 0.717) is 18.4 Å². The first-order valence-corrected chi connectivity index (χ1v) is 6.83. The zero-order valence-corrected chi connectivity index (χ0v) is 11.3. The average molecular weight is 264 g/mol. The summed E-state index contributed by atoms with van der Waals surface area (Å²) in [5.74, 6) is 0.0906. The summed E-state index contributed by atoms with van der Waals surface area (Å²) < 4.78 is 0. The summed E-state index contributed by atoms with van der Waals surface area (Å²) in [5, 5.41) is 12.8. The fourth-order valence-electron chi connectivity index (χ4n) is 1.89. The van der Waals surface area contributed by atoms with E-state index in [4.69, 9.17) is 0 Å². The molecular formula is C13H16N2O2S. The fraction of sp³-hybridized carbons (Fsp3) is 0.462. The molecule has 0 aliphatic heterocycles. The minimum atomic E-state index is -0.0525. The monoisotopic (exact) mass is 264 g/mol. The summed E-state index contributed by atoms with van der Waals surface area (Å²) in [5.41, 5.74) is 0.358. The Bertz CT molecular complexity index is 489. The predicted octanol–water partition coefficient (Wildman–Crippen LogP) is 2.88. The topological polar surface area (TPSA) is 62.6 Å². The van der Waals surface area contributed by atoms with Gasteiger partial charge in [0.25, 0.3) is 0 Å². The number of aromatic nitrogens is 1. The van der Waals surface area contributed by atoms with Crippen LogP contribution < -0.4 is 0 Å². The molecule has 0 fully saturated rings. The van der Waals surface area contributed by atoms with Crippen LogP contribution in [0.2, 0.25) is 0 Å². The maximum absolute atomic E-state index is 12.0. The number of ketones is 1. The maximum Gasteiger partial charge on any atom is 0.168 e. The Morgan fingerprint density at radius 1 is 1.56 bits per heavy atom. The van der Waals surface area contributed by atoms with Gasteiger partial charge in [0.1, 0.15) is 5.76 Å². The third-order valence-electron chi connectivity index (χ3n) is 2.79. The Morgan fingerprint density at radius 2 is 2.33 bits per heavy atom. The molecule has 0 radical (unpaired) electrons. The first-order chi connectivity index (χ1) is 8.58. The van der Waals surface area contributed by atoms with Gasteiger partial charge in [-0.15, -0.1) is 11.3 Å². The standard InChI is InChI=1S/C13H16N2O2S/c1-8(2)15-7-10-11(16)5-9(6-12(10)17)13-14-3-4-18-13/h3-4,7-9,16H,5-6H2,1-2H3. The molecule has 1 heterocycles. The van der Waals surface area contributed by atoms with Crippen molar-refractivity contribution in [3.8, 4) is 0 Å². The van der Waals surface area contributed by atoms with Crippen LogP contribution in [0, 0.1) is 0 Å². The molecule has 0 aromatic carbocycles. The lowest BCUT2D eigenvalue weighted by Gasteiger charge is -2.20. The molecular weight excluding hydrogens is 248 g/mol. The van der Waals surface area contributed by atoms with Gasteiger partial charge >= 0.3 is 0 Å². The van der Waals surface area contributed by atoms with E-state index in [9.17, 15) is 9.90 Å². The van der Waals surface area contributed by atoms with E-state index < -0.39 is 0 Å². The van der Waals surface area contributed by atoms with E-state index in [1.807, 2.05) is 19.2 Å². The number of hydrogen-bond donors (Lipinski definition) is 1. The van der Waals surface area contributed by atoms with Crippen molar-refractivity contribution in [3.63, 3.8) is 0 Å². The van der Waals surface area contributed by atoms with E-state index in [-0.39, 0.29) is 23.5 Å². The molecule has 1 aliphatic carbocycles. The van der Waals surface area contributed by atoms with Crippen molar-refractivity contribution in [2.45, 2.75) is 38.6 Å². The summed E-state index contributed by atoms with van der Waals surface area (Å²) >= 11 is 1.52. The summed E-state index contributed by atoms with van der Waals surface area (Å²) in [6.07, 6.45) is 4.09.